The first-order valence-corrected chi connectivity index (χ1v) is 8.58. The van der Waals surface area contributed by atoms with E-state index < -0.39 is 0 Å². The zero-order valence-corrected chi connectivity index (χ0v) is 15.0. The van der Waals surface area contributed by atoms with Crippen molar-refractivity contribution in [2.45, 2.75) is 4.83 Å². The molecule has 0 saturated heterocycles. The minimum atomic E-state index is 0.210. The fourth-order valence-electron chi connectivity index (χ4n) is 1.34. The lowest BCUT2D eigenvalue weighted by atomic mass is 10.1. The highest BCUT2D eigenvalue weighted by Gasteiger charge is 2.15. The van der Waals surface area contributed by atoms with Crippen LogP contribution in [0.15, 0.2) is 42.4 Å². The Bertz CT molecular complexity index is 506. The SMILES string of the molecule is Brc1ccc(Br)c(C(Br)c2csc(Br)c2)c1. The molecule has 0 nitrogen and oxygen atoms in total. The highest BCUT2D eigenvalue weighted by atomic mass is 79.9. The van der Waals surface area contributed by atoms with Crippen LogP contribution in [0.5, 0.6) is 0 Å². The summed E-state index contributed by atoms with van der Waals surface area (Å²) in [4.78, 5) is 0.210. The van der Waals surface area contributed by atoms with Crippen molar-refractivity contribution >= 4 is 75.1 Å². The Morgan fingerprint density at radius 2 is 1.81 bits per heavy atom. The summed E-state index contributed by atoms with van der Waals surface area (Å²) in [6.07, 6.45) is 0. The van der Waals surface area contributed by atoms with Gasteiger partial charge in [0.1, 0.15) is 0 Å². The van der Waals surface area contributed by atoms with Crippen LogP contribution in [0.25, 0.3) is 0 Å². The quantitative estimate of drug-likeness (QED) is 0.421. The molecule has 0 amide bonds. The van der Waals surface area contributed by atoms with Gasteiger partial charge in [0.2, 0.25) is 0 Å². The van der Waals surface area contributed by atoms with Crippen molar-refractivity contribution in [2.24, 2.45) is 0 Å². The lowest BCUT2D eigenvalue weighted by molar-refractivity contribution is 1.17. The number of alkyl halides is 1. The van der Waals surface area contributed by atoms with Gasteiger partial charge in [-0.1, -0.05) is 47.8 Å². The predicted molar refractivity (Wildman–Crippen MR) is 84.6 cm³/mol. The van der Waals surface area contributed by atoms with E-state index in [0.717, 1.165) is 12.7 Å². The van der Waals surface area contributed by atoms with Gasteiger partial charge in [-0.15, -0.1) is 11.3 Å². The van der Waals surface area contributed by atoms with E-state index in [1.165, 1.54) is 11.1 Å². The molecule has 16 heavy (non-hydrogen) atoms. The molecule has 0 aliphatic rings. The van der Waals surface area contributed by atoms with Crippen molar-refractivity contribution in [3.63, 3.8) is 0 Å². The lowest BCUT2D eigenvalue weighted by Crippen LogP contribution is -1.92. The molecule has 1 aromatic carbocycles. The summed E-state index contributed by atoms with van der Waals surface area (Å²) in [5.41, 5.74) is 2.48. The minimum absolute atomic E-state index is 0.210. The summed E-state index contributed by atoms with van der Waals surface area (Å²) in [5.74, 6) is 0. The Labute approximate surface area is 132 Å². The summed E-state index contributed by atoms with van der Waals surface area (Å²) in [5, 5.41) is 2.15. The third-order valence-corrected chi connectivity index (χ3v) is 5.87. The molecule has 0 saturated carbocycles. The van der Waals surface area contributed by atoms with Crippen molar-refractivity contribution in [2.75, 3.05) is 0 Å². The highest BCUT2D eigenvalue weighted by Crippen LogP contribution is 2.39. The van der Waals surface area contributed by atoms with Crippen molar-refractivity contribution in [3.8, 4) is 0 Å². The van der Waals surface area contributed by atoms with Gasteiger partial charge in [0, 0.05) is 8.95 Å². The van der Waals surface area contributed by atoms with Crippen LogP contribution < -0.4 is 0 Å². The van der Waals surface area contributed by atoms with Gasteiger partial charge in [0.15, 0.2) is 0 Å². The van der Waals surface area contributed by atoms with Crippen molar-refractivity contribution in [3.05, 3.63) is 53.5 Å². The lowest BCUT2D eigenvalue weighted by Gasteiger charge is -2.11. The van der Waals surface area contributed by atoms with Crippen LogP contribution in [0.1, 0.15) is 16.0 Å². The number of benzene rings is 1. The molecule has 0 aliphatic heterocycles. The molecule has 0 spiro atoms. The van der Waals surface area contributed by atoms with Crippen LogP contribution in [0.3, 0.4) is 0 Å². The summed E-state index contributed by atoms with van der Waals surface area (Å²) >= 11 is 16.0. The molecule has 84 valence electrons. The topological polar surface area (TPSA) is 0 Å². The van der Waals surface area contributed by atoms with Gasteiger partial charge in [-0.2, -0.15) is 0 Å². The highest BCUT2D eigenvalue weighted by molar-refractivity contribution is 9.11. The second-order valence-corrected chi connectivity index (χ2v) is 8.19. The molecule has 0 aliphatic carbocycles. The van der Waals surface area contributed by atoms with E-state index >= 15 is 0 Å². The molecule has 2 aromatic rings. The average molecular weight is 490 g/mol. The second-order valence-electron chi connectivity index (χ2n) is 3.21. The van der Waals surface area contributed by atoms with E-state index in [-0.39, 0.29) is 4.83 Å². The molecule has 2 rings (SSSR count). The van der Waals surface area contributed by atoms with Gasteiger partial charge in [0.05, 0.1) is 8.61 Å². The molecule has 0 bridgehead atoms. The first kappa shape index (κ1) is 13.3. The molecular weight excluding hydrogens is 484 g/mol. The molecule has 1 unspecified atom stereocenters. The van der Waals surface area contributed by atoms with E-state index in [0.29, 0.717) is 0 Å². The third-order valence-electron chi connectivity index (χ3n) is 2.11. The van der Waals surface area contributed by atoms with Crippen molar-refractivity contribution in [1.29, 1.82) is 0 Å². The van der Waals surface area contributed by atoms with Crippen LogP contribution in [-0.4, -0.2) is 0 Å². The smallest absolute Gasteiger partial charge is 0.0701 e. The van der Waals surface area contributed by atoms with Crippen molar-refractivity contribution < 1.29 is 0 Å². The van der Waals surface area contributed by atoms with Crippen LogP contribution in [-0.2, 0) is 0 Å². The van der Waals surface area contributed by atoms with E-state index in [1.807, 2.05) is 6.07 Å². The normalized spacial score (nSPS) is 12.8. The molecule has 5 heteroatoms. The second kappa shape index (κ2) is 5.65. The van der Waals surface area contributed by atoms with Gasteiger partial charge < -0.3 is 0 Å². The summed E-state index contributed by atoms with van der Waals surface area (Å²) in [6.45, 7) is 0. The van der Waals surface area contributed by atoms with Gasteiger partial charge >= 0.3 is 0 Å². The molecular formula is C11H6Br4S. The summed E-state index contributed by atoms with van der Waals surface area (Å²) in [7, 11) is 0. The monoisotopic (exact) mass is 486 g/mol. The van der Waals surface area contributed by atoms with Crippen LogP contribution in [0, 0.1) is 0 Å². The molecule has 1 heterocycles. The average Bonchev–Trinajstić information content (AvgIpc) is 2.67. The fourth-order valence-corrected chi connectivity index (χ4v) is 4.53. The molecule has 0 N–H and O–H groups in total. The van der Waals surface area contributed by atoms with E-state index in [2.05, 4.69) is 87.3 Å². The van der Waals surface area contributed by atoms with Crippen molar-refractivity contribution in [1.82, 2.24) is 0 Å². The number of rotatable bonds is 2. The van der Waals surface area contributed by atoms with Gasteiger partial charge in [-0.3, -0.25) is 0 Å². The van der Waals surface area contributed by atoms with Gasteiger partial charge in [0.25, 0.3) is 0 Å². The predicted octanol–water partition coefficient (Wildman–Crippen LogP) is 6.52. The molecule has 0 radical (unpaired) electrons. The summed E-state index contributed by atoms with van der Waals surface area (Å²) < 4.78 is 3.35. The maximum absolute atomic E-state index is 3.73. The minimum Gasteiger partial charge on any atom is -0.136 e. The molecule has 1 atom stereocenters. The Balaban J connectivity index is 2.40. The Kier molecular flexibility index (Phi) is 4.69. The van der Waals surface area contributed by atoms with Crippen LogP contribution in [0.4, 0.5) is 0 Å². The zero-order valence-electron chi connectivity index (χ0n) is 7.88. The fraction of sp³-hybridized carbons (Fsp3) is 0.0909. The molecule has 0 fully saturated rings. The number of hydrogen-bond acceptors (Lipinski definition) is 1. The summed E-state index contributed by atoms with van der Waals surface area (Å²) in [6, 6.07) is 8.33. The standard InChI is InChI=1S/C11H6Br4S/c12-7-1-2-9(13)8(4-7)11(15)6-3-10(14)16-5-6/h1-5,11H. The Hall–Kier alpha value is 0.840. The van der Waals surface area contributed by atoms with E-state index in [4.69, 9.17) is 0 Å². The Morgan fingerprint density at radius 3 is 2.44 bits per heavy atom. The zero-order chi connectivity index (χ0) is 11.7. The maximum atomic E-state index is 3.73. The number of thiophene rings is 1. The van der Waals surface area contributed by atoms with Crippen LogP contribution >= 0.6 is 75.1 Å². The van der Waals surface area contributed by atoms with Crippen LogP contribution in [0.2, 0.25) is 0 Å². The number of hydrogen-bond donors (Lipinski definition) is 0. The maximum Gasteiger partial charge on any atom is 0.0701 e. The van der Waals surface area contributed by atoms with Gasteiger partial charge in [-0.25, -0.2) is 0 Å². The van der Waals surface area contributed by atoms with Gasteiger partial charge in [-0.05, 0) is 56.7 Å². The Morgan fingerprint density at radius 1 is 1.06 bits per heavy atom. The first-order chi connectivity index (χ1) is 7.58. The van der Waals surface area contributed by atoms with E-state index in [1.54, 1.807) is 11.3 Å². The third kappa shape index (κ3) is 2.99. The van der Waals surface area contributed by atoms with E-state index in [9.17, 15) is 0 Å². The first-order valence-electron chi connectivity index (χ1n) is 4.41. The largest absolute Gasteiger partial charge is 0.136 e. The number of halogens is 4. The molecule has 1 aromatic heterocycles.